The van der Waals surface area contributed by atoms with Crippen molar-refractivity contribution in [3.05, 3.63) is 52.6 Å². The van der Waals surface area contributed by atoms with Gasteiger partial charge in [-0.3, -0.25) is 9.78 Å². The molecule has 168 valence electrons. The Hall–Kier alpha value is -2.27. The molecule has 1 aliphatic heterocycles. The van der Waals surface area contributed by atoms with E-state index in [1.54, 1.807) is 0 Å². The molecule has 0 aliphatic carbocycles. The van der Waals surface area contributed by atoms with Gasteiger partial charge in [0.05, 0.1) is 12.2 Å². The fraction of sp³-hybridized carbons (Fsp3) is 0.538. The summed E-state index contributed by atoms with van der Waals surface area (Å²) in [6.45, 7) is 12.2. The Bertz CT molecular complexity index is 911. The molecule has 1 aliphatic rings. The van der Waals surface area contributed by atoms with Gasteiger partial charge in [-0.1, -0.05) is 26.0 Å². The quantitative estimate of drug-likeness (QED) is 0.631. The van der Waals surface area contributed by atoms with Crippen molar-refractivity contribution in [1.82, 2.24) is 10.3 Å². The number of aromatic nitrogens is 1. The maximum absolute atomic E-state index is 16.0. The van der Waals surface area contributed by atoms with Crippen LogP contribution in [-0.2, 0) is 16.1 Å². The van der Waals surface area contributed by atoms with Crippen molar-refractivity contribution in [3.63, 3.8) is 0 Å². The van der Waals surface area contributed by atoms with E-state index < -0.39 is 0 Å². The zero-order valence-electron chi connectivity index (χ0n) is 19.6. The molecule has 0 radical (unpaired) electrons. The first kappa shape index (κ1) is 23.4. The van der Waals surface area contributed by atoms with Crippen molar-refractivity contribution in [2.75, 3.05) is 0 Å². The third kappa shape index (κ3) is 5.91. The second-order valence-electron chi connectivity index (χ2n) is 9.43. The molecule has 0 spiro atoms. The molecule has 3 atom stereocenters. The summed E-state index contributed by atoms with van der Waals surface area (Å²) < 4.78 is 21.8. The molecule has 0 bridgehead atoms. The van der Waals surface area contributed by atoms with Gasteiger partial charge in [-0.15, -0.1) is 0 Å². The molecule has 3 rings (SSSR count). The van der Waals surface area contributed by atoms with Crippen LogP contribution in [0, 0.1) is 25.6 Å². The Labute approximate surface area is 185 Å². The van der Waals surface area contributed by atoms with E-state index in [4.69, 9.17) is 4.74 Å². The predicted molar refractivity (Wildman–Crippen MR) is 122 cm³/mol. The Kier molecular flexibility index (Phi) is 7.47. The van der Waals surface area contributed by atoms with Gasteiger partial charge in [-0.25, -0.2) is 4.39 Å². The Morgan fingerprint density at radius 1 is 1.16 bits per heavy atom. The van der Waals surface area contributed by atoms with Crippen LogP contribution in [-0.4, -0.2) is 23.1 Å². The van der Waals surface area contributed by atoms with Crippen LogP contribution in [0.3, 0.4) is 0 Å². The zero-order chi connectivity index (χ0) is 22.7. The fourth-order valence-electron chi connectivity index (χ4n) is 4.68. The molecule has 1 aromatic heterocycles. The summed E-state index contributed by atoms with van der Waals surface area (Å²) in [6, 6.07) is 7.87. The molecule has 31 heavy (non-hydrogen) atoms. The first-order valence-electron chi connectivity index (χ1n) is 11.3. The molecule has 1 N–H and O–H groups in total. The molecule has 1 unspecified atom stereocenters. The van der Waals surface area contributed by atoms with Crippen LogP contribution in [0.2, 0.25) is 0 Å². The summed E-state index contributed by atoms with van der Waals surface area (Å²) in [6.07, 6.45) is 2.24. The molecular formula is C26H35FN2O2. The second kappa shape index (κ2) is 9.90. The minimum Gasteiger partial charge on any atom is -0.376 e. The molecule has 1 aromatic carbocycles. The number of nitrogens with zero attached hydrogens (tertiary/aromatic N) is 1. The van der Waals surface area contributed by atoms with Crippen molar-refractivity contribution in [2.45, 2.75) is 85.5 Å². The van der Waals surface area contributed by atoms with E-state index in [-0.39, 0.29) is 42.3 Å². The number of nitrogens with one attached hydrogen (secondary N) is 1. The van der Waals surface area contributed by atoms with Gasteiger partial charge in [0.2, 0.25) is 5.91 Å². The number of benzene rings is 1. The highest BCUT2D eigenvalue weighted by atomic mass is 19.1. The number of carbonyl (C=O) groups is 1. The van der Waals surface area contributed by atoms with Crippen LogP contribution < -0.4 is 5.32 Å². The van der Waals surface area contributed by atoms with E-state index >= 15 is 4.39 Å². The van der Waals surface area contributed by atoms with Gasteiger partial charge in [-0.2, -0.15) is 0 Å². The number of halogens is 1. The molecule has 4 nitrogen and oxygen atoms in total. The van der Waals surface area contributed by atoms with Crippen LogP contribution >= 0.6 is 0 Å². The predicted octanol–water partition coefficient (Wildman–Crippen LogP) is 5.84. The monoisotopic (exact) mass is 426 g/mol. The Balaban J connectivity index is 2.02. The average Bonchev–Trinajstić information content (AvgIpc) is 2.64. The number of pyridine rings is 1. The molecule has 2 heterocycles. The molecule has 1 amide bonds. The van der Waals surface area contributed by atoms with Gasteiger partial charge in [0, 0.05) is 29.9 Å². The SMILES string of the molecule is Cc1cc(-c2ccc(C3C[C@@H](C)O[C@@H](C)C3)c(F)c2CNC(=O)CC(C)C)cc(C)n1. The maximum Gasteiger partial charge on any atom is 0.220 e. The summed E-state index contributed by atoms with van der Waals surface area (Å²) in [5.74, 6) is 0.104. The largest absolute Gasteiger partial charge is 0.376 e. The number of amides is 1. The summed E-state index contributed by atoms with van der Waals surface area (Å²) in [5, 5.41) is 2.94. The lowest BCUT2D eigenvalue weighted by Gasteiger charge is -2.33. The average molecular weight is 427 g/mol. The number of aryl methyl sites for hydroxylation is 2. The number of rotatable bonds is 6. The van der Waals surface area contributed by atoms with Gasteiger partial charge in [-0.05, 0) is 81.2 Å². The van der Waals surface area contributed by atoms with Crippen LogP contribution in [0.1, 0.15) is 75.4 Å². The van der Waals surface area contributed by atoms with Gasteiger partial charge in [0.25, 0.3) is 0 Å². The Morgan fingerprint density at radius 3 is 2.35 bits per heavy atom. The van der Waals surface area contributed by atoms with Crippen LogP contribution in [0.25, 0.3) is 11.1 Å². The van der Waals surface area contributed by atoms with Crippen molar-refractivity contribution >= 4 is 5.91 Å². The van der Waals surface area contributed by atoms with Crippen molar-refractivity contribution < 1.29 is 13.9 Å². The van der Waals surface area contributed by atoms with Crippen molar-refractivity contribution in [1.29, 1.82) is 0 Å². The van der Waals surface area contributed by atoms with Crippen molar-refractivity contribution in [2.24, 2.45) is 5.92 Å². The molecule has 1 saturated heterocycles. The second-order valence-corrected chi connectivity index (χ2v) is 9.43. The minimum atomic E-state index is -0.208. The van der Waals surface area contributed by atoms with Crippen LogP contribution in [0.4, 0.5) is 4.39 Å². The van der Waals surface area contributed by atoms with E-state index in [2.05, 4.69) is 10.3 Å². The van der Waals surface area contributed by atoms with Gasteiger partial charge in [0.1, 0.15) is 5.82 Å². The smallest absolute Gasteiger partial charge is 0.220 e. The fourth-order valence-corrected chi connectivity index (χ4v) is 4.68. The lowest BCUT2D eigenvalue weighted by Crippen LogP contribution is -2.29. The molecular weight excluding hydrogens is 391 g/mol. The maximum atomic E-state index is 16.0. The van der Waals surface area contributed by atoms with E-state index in [1.165, 1.54) is 0 Å². The number of ether oxygens (including phenoxy) is 1. The minimum absolute atomic E-state index is 0.0545. The molecule has 5 heteroatoms. The highest BCUT2D eigenvalue weighted by Crippen LogP contribution is 2.38. The zero-order valence-corrected chi connectivity index (χ0v) is 19.6. The highest BCUT2D eigenvalue weighted by molar-refractivity contribution is 5.77. The molecule has 0 saturated carbocycles. The molecule has 1 fully saturated rings. The third-order valence-corrected chi connectivity index (χ3v) is 5.86. The lowest BCUT2D eigenvalue weighted by molar-refractivity contribution is -0.121. The highest BCUT2D eigenvalue weighted by Gasteiger charge is 2.29. The van der Waals surface area contributed by atoms with Gasteiger partial charge in [0.15, 0.2) is 0 Å². The summed E-state index contributed by atoms with van der Waals surface area (Å²) in [5.41, 5.74) is 4.79. The number of hydrogen-bond acceptors (Lipinski definition) is 3. The topological polar surface area (TPSA) is 51.2 Å². The first-order chi connectivity index (χ1) is 14.6. The van der Waals surface area contributed by atoms with Crippen LogP contribution in [0.5, 0.6) is 0 Å². The summed E-state index contributed by atoms with van der Waals surface area (Å²) in [7, 11) is 0. The van der Waals surface area contributed by atoms with E-state index in [1.807, 2.05) is 65.8 Å². The lowest BCUT2D eigenvalue weighted by atomic mass is 9.83. The number of carbonyl (C=O) groups excluding carboxylic acids is 1. The molecule has 2 aromatic rings. The standard InChI is InChI=1S/C26H35FN2O2/c1-15(2)9-25(30)28-14-24-22(20-10-16(3)29-17(4)11-20)7-8-23(26(24)27)21-12-18(5)31-19(6)13-21/h7-8,10-11,15,18-19,21H,9,12-14H2,1-6H3,(H,28,30)/t18-,19+,21?. The Morgan fingerprint density at radius 2 is 1.77 bits per heavy atom. The van der Waals surface area contributed by atoms with Crippen molar-refractivity contribution in [3.8, 4) is 11.1 Å². The van der Waals surface area contributed by atoms with E-state index in [0.717, 1.165) is 40.9 Å². The first-order valence-corrected chi connectivity index (χ1v) is 11.3. The van der Waals surface area contributed by atoms with E-state index in [0.29, 0.717) is 12.0 Å². The summed E-state index contributed by atoms with van der Waals surface area (Å²) >= 11 is 0. The normalized spacial score (nSPS) is 21.4. The van der Waals surface area contributed by atoms with Gasteiger partial charge < -0.3 is 10.1 Å². The third-order valence-electron chi connectivity index (χ3n) is 5.86. The van der Waals surface area contributed by atoms with Gasteiger partial charge >= 0.3 is 0 Å². The number of hydrogen-bond donors (Lipinski definition) is 1. The summed E-state index contributed by atoms with van der Waals surface area (Å²) in [4.78, 5) is 16.8. The van der Waals surface area contributed by atoms with Crippen LogP contribution in [0.15, 0.2) is 24.3 Å². The van der Waals surface area contributed by atoms with E-state index in [9.17, 15) is 4.79 Å².